The Morgan fingerprint density at radius 3 is 2.50 bits per heavy atom. The Bertz CT molecular complexity index is 1230. The SMILES string of the molecule is CS(=O)(=O)Nc1cc(NC(=O)c2ncn(Cc3ccc(OC(F)(F)F)cc3)n2)ccc1O. The lowest BCUT2D eigenvalue weighted by atomic mass is 10.2. The van der Waals surface area contributed by atoms with Gasteiger partial charge in [-0.05, 0) is 35.9 Å². The number of aromatic nitrogens is 3. The first-order valence-corrected chi connectivity index (χ1v) is 10.6. The zero-order valence-corrected chi connectivity index (χ0v) is 17.1. The third kappa shape index (κ3) is 6.60. The lowest BCUT2D eigenvalue weighted by Crippen LogP contribution is -2.17. The molecule has 0 saturated heterocycles. The zero-order valence-electron chi connectivity index (χ0n) is 16.3. The lowest BCUT2D eigenvalue weighted by molar-refractivity contribution is -0.274. The van der Waals surface area contributed by atoms with Crippen molar-refractivity contribution >= 4 is 27.3 Å². The van der Waals surface area contributed by atoms with Crippen molar-refractivity contribution in [1.82, 2.24) is 14.8 Å². The molecule has 0 radical (unpaired) electrons. The number of benzene rings is 2. The normalized spacial score (nSPS) is 11.8. The summed E-state index contributed by atoms with van der Waals surface area (Å²) < 4.78 is 66.6. The number of ether oxygens (including phenoxy) is 1. The third-order valence-corrected chi connectivity index (χ3v) is 4.38. The van der Waals surface area contributed by atoms with Crippen LogP contribution >= 0.6 is 0 Å². The van der Waals surface area contributed by atoms with Crippen LogP contribution in [-0.2, 0) is 16.6 Å². The molecule has 0 saturated carbocycles. The monoisotopic (exact) mass is 471 g/mol. The van der Waals surface area contributed by atoms with Gasteiger partial charge in [-0.1, -0.05) is 12.1 Å². The topological polar surface area (TPSA) is 135 Å². The maximum Gasteiger partial charge on any atom is 0.573 e. The highest BCUT2D eigenvalue weighted by atomic mass is 32.2. The van der Waals surface area contributed by atoms with Gasteiger partial charge in [0.25, 0.3) is 5.91 Å². The van der Waals surface area contributed by atoms with E-state index in [0.29, 0.717) is 5.56 Å². The molecular formula is C18H16F3N5O5S. The maximum absolute atomic E-state index is 12.4. The van der Waals surface area contributed by atoms with Crippen molar-refractivity contribution in [1.29, 1.82) is 0 Å². The Kier molecular flexibility index (Phi) is 6.25. The summed E-state index contributed by atoms with van der Waals surface area (Å²) in [6.07, 6.45) is -2.61. The van der Waals surface area contributed by atoms with Crippen molar-refractivity contribution in [3.05, 3.63) is 60.2 Å². The second-order valence-electron chi connectivity index (χ2n) is 6.52. The van der Waals surface area contributed by atoms with E-state index in [9.17, 15) is 31.5 Å². The van der Waals surface area contributed by atoms with Gasteiger partial charge in [-0.25, -0.2) is 18.1 Å². The van der Waals surface area contributed by atoms with Gasteiger partial charge >= 0.3 is 6.36 Å². The van der Waals surface area contributed by atoms with Gasteiger partial charge in [-0.2, -0.15) is 0 Å². The van der Waals surface area contributed by atoms with Gasteiger partial charge in [0.1, 0.15) is 17.8 Å². The lowest BCUT2D eigenvalue weighted by Gasteiger charge is -2.09. The molecule has 14 heteroatoms. The average Bonchev–Trinajstić information content (AvgIpc) is 3.12. The molecule has 0 aliphatic rings. The van der Waals surface area contributed by atoms with E-state index in [1.807, 2.05) is 0 Å². The van der Waals surface area contributed by atoms with Gasteiger partial charge in [0, 0.05) is 5.69 Å². The van der Waals surface area contributed by atoms with Crippen LogP contribution in [0.3, 0.4) is 0 Å². The van der Waals surface area contributed by atoms with Gasteiger partial charge in [0.05, 0.1) is 18.5 Å². The van der Waals surface area contributed by atoms with Crippen molar-refractivity contribution in [3.8, 4) is 11.5 Å². The molecule has 3 N–H and O–H groups in total. The second kappa shape index (κ2) is 8.74. The van der Waals surface area contributed by atoms with Crippen LogP contribution in [0.2, 0.25) is 0 Å². The molecule has 1 heterocycles. The van der Waals surface area contributed by atoms with E-state index >= 15 is 0 Å². The van der Waals surface area contributed by atoms with Gasteiger partial charge in [0.15, 0.2) is 0 Å². The molecule has 1 amide bonds. The molecule has 0 unspecified atom stereocenters. The zero-order chi connectivity index (χ0) is 23.5. The Hall–Kier alpha value is -3.81. The Balaban J connectivity index is 1.65. The molecule has 0 fully saturated rings. The number of rotatable bonds is 7. The highest BCUT2D eigenvalue weighted by Gasteiger charge is 2.30. The standard InChI is InChI=1S/C18H16F3N5O5S/c1-32(29,30)25-14-8-12(4-7-15(14)27)23-17(28)16-22-10-26(24-16)9-11-2-5-13(6-3-11)31-18(19,20)21/h2-8,10,25,27H,9H2,1H3,(H,23,28). The fraction of sp³-hybridized carbons (Fsp3) is 0.167. The first-order valence-electron chi connectivity index (χ1n) is 8.74. The summed E-state index contributed by atoms with van der Waals surface area (Å²) in [5.74, 6) is -1.59. The minimum atomic E-state index is -4.78. The first-order chi connectivity index (χ1) is 14.9. The molecule has 10 nitrogen and oxygen atoms in total. The summed E-state index contributed by atoms with van der Waals surface area (Å²) in [6.45, 7) is 0.133. The number of anilines is 2. The van der Waals surface area contributed by atoms with Crippen molar-refractivity contribution in [2.24, 2.45) is 0 Å². The molecule has 3 rings (SSSR count). The van der Waals surface area contributed by atoms with E-state index in [1.165, 1.54) is 41.3 Å². The highest BCUT2D eigenvalue weighted by molar-refractivity contribution is 7.92. The largest absolute Gasteiger partial charge is 0.573 e. The summed E-state index contributed by atoms with van der Waals surface area (Å²) in [4.78, 5) is 16.2. The second-order valence-corrected chi connectivity index (χ2v) is 8.27. The van der Waals surface area contributed by atoms with E-state index in [-0.39, 0.29) is 35.2 Å². The molecule has 170 valence electrons. The van der Waals surface area contributed by atoms with Gasteiger partial charge in [-0.3, -0.25) is 9.52 Å². The predicted molar refractivity (Wildman–Crippen MR) is 107 cm³/mol. The van der Waals surface area contributed by atoms with E-state index in [2.05, 4.69) is 24.9 Å². The minimum absolute atomic E-state index is 0.123. The Morgan fingerprint density at radius 2 is 1.88 bits per heavy atom. The Labute approximate surface area is 179 Å². The van der Waals surface area contributed by atoms with Crippen LogP contribution in [0.4, 0.5) is 24.5 Å². The molecular weight excluding hydrogens is 455 g/mol. The number of amides is 1. The van der Waals surface area contributed by atoms with Crippen LogP contribution in [0.15, 0.2) is 48.8 Å². The summed E-state index contributed by atoms with van der Waals surface area (Å²) in [5, 5.41) is 16.2. The summed E-state index contributed by atoms with van der Waals surface area (Å²) in [6, 6.07) is 8.89. The van der Waals surface area contributed by atoms with Crippen molar-refractivity contribution in [2.75, 3.05) is 16.3 Å². The van der Waals surface area contributed by atoms with E-state index in [1.54, 1.807) is 0 Å². The molecule has 0 atom stereocenters. The average molecular weight is 471 g/mol. The van der Waals surface area contributed by atoms with Crippen LogP contribution in [0.5, 0.6) is 11.5 Å². The number of sulfonamides is 1. The third-order valence-electron chi connectivity index (χ3n) is 3.79. The number of alkyl halides is 3. The quantitative estimate of drug-likeness (QED) is 0.356. The predicted octanol–water partition coefficient (Wildman–Crippen LogP) is 2.55. The minimum Gasteiger partial charge on any atom is -0.506 e. The number of nitrogens with one attached hydrogen (secondary N) is 2. The fourth-order valence-electron chi connectivity index (χ4n) is 2.54. The number of phenolic OH excluding ortho intramolecular Hbond substituents is 1. The highest BCUT2D eigenvalue weighted by Crippen LogP contribution is 2.27. The Morgan fingerprint density at radius 1 is 1.19 bits per heavy atom. The molecule has 0 bridgehead atoms. The van der Waals surface area contributed by atoms with Crippen LogP contribution in [0.1, 0.15) is 16.2 Å². The maximum atomic E-state index is 12.4. The molecule has 1 aromatic heterocycles. The fourth-order valence-corrected chi connectivity index (χ4v) is 3.10. The molecule has 32 heavy (non-hydrogen) atoms. The number of aromatic hydroxyl groups is 1. The van der Waals surface area contributed by atoms with Crippen LogP contribution in [0, 0.1) is 0 Å². The van der Waals surface area contributed by atoms with Crippen molar-refractivity contribution in [2.45, 2.75) is 12.9 Å². The summed E-state index contributed by atoms with van der Waals surface area (Å²) in [7, 11) is -3.65. The number of nitrogens with zero attached hydrogens (tertiary/aromatic N) is 3. The van der Waals surface area contributed by atoms with Gasteiger partial charge in [0.2, 0.25) is 15.8 Å². The van der Waals surface area contributed by atoms with E-state index in [4.69, 9.17) is 0 Å². The molecule has 0 spiro atoms. The number of hydrogen-bond donors (Lipinski definition) is 3. The number of carbonyl (C=O) groups excluding carboxylic acids is 1. The van der Waals surface area contributed by atoms with Crippen LogP contribution in [0.25, 0.3) is 0 Å². The number of halogens is 3. The first kappa shape index (κ1) is 22.9. The van der Waals surface area contributed by atoms with Crippen molar-refractivity contribution in [3.63, 3.8) is 0 Å². The summed E-state index contributed by atoms with van der Waals surface area (Å²) >= 11 is 0. The number of hydrogen-bond acceptors (Lipinski definition) is 7. The molecule has 2 aromatic carbocycles. The molecule has 0 aliphatic heterocycles. The van der Waals surface area contributed by atoms with Gasteiger partial charge in [-0.15, -0.1) is 18.3 Å². The van der Waals surface area contributed by atoms with Crippen LogP contribution < -0.4 is 14.8 Å². The van der Waals surface area contributed by atoms with Crippen LogP contribution in [-0.4, -0.2) is 46.8 Å². The van der Waals surface area contributed by atoms with Gasteiger partial charge < -0.3 is 15.2 Å². The van der Waals surface area contributed by atoms with Crippen molar-refractivity contribution < 1.29 is 36.2 Å². The summed E-state index contributed by atoms with van der Waals surface area (Å²) in [5.41, 5.74) is 0.642. The number of phenols is 1. The number of carbonyl (C=O) groups is 1. The molecule has 3 aromatic rings. The smallest absolute Gasteiger partial charge is 0.506 e. The molecule has 0 aliphatic carbocycles. The van der Waals surface area contributed by atoms with E-state index < -0.39 is 22.3 Å². The van der Waals surface area contributed by atoms with E-state index in [0.717, 1.165) is 18.4 Å².